The predicted molar refractivity (Wildman–Crippen MR) is 93.5 cm³/mol. The molecule has 0 N–H and O–H groups in total. The summed E-state index contributed by atoms with van der Waals surface area (Å²) in [4.78, 5) is 20.9. The largest absolute Gasteiger partial charge is 0.481 e. The molecule has 27 heavy (non-hydrogen) atoms. The summed E-state index contributed by atoms with van der Waals surface area (Å²) in [5.74, 6) is 3.13. The van der Waals surface area contributed by atoms with Gasteiger partial charge in [0, 0.05) is 39.2 Å². The molecule has 0 saturated carbocycles. The summed E-state index contributed by atoms with van der Waals surface area (Å²) >= 11 is 0. The zero-order valence-electron chi connectivity index (χ0n) is 15.4. The Morgan fingerprint density at radius 3 is 2.74 bits per heavy atom. The molecule has 9 heteroatoms. The van der Waals surface area contributed by atoms with E-state index in [1.807, 2.05) is 4.90 Å². The smallest absolute Gasteiger partial charge is 0.263 e. The average molecular weight is 374 g/mol. The van der Waals surface area contributed by atoms with Gasteiger partial charge in [-0.3, -0.25) is 9.69 Å². The Morgan fingerprint density at radius 2 is 2.00 bits per heavy atom. The van der Waals surface area contributed by atoms with Crippen LogP contribution >= 0.6 is 0 Å². The van der Waals surface area contributed by atoms with Crippen molar-refractivity contribution >= 4 is 5.91 Å². The molecule has 1 saturated heterocycles. The summed E-state index contributed by atoms with van der Waals surface area (Å²) in [6.45, 7) is 7.18. The number of piperazine rings is 1. The first-order chi connectivity index (χ1) is 13.1. The van der Waals surface area contributed by atoms with Crippen molar-refractivity contribution in [3.05, 3.63) is 29.9 Å². The first-order valence-corrected chi connectivity index (χ1v) is 8.95. The number of ether oxygens (including phenoxy) is 3. The lowest BCUT2D eigenvalue weighted by Crippen LogP contribution is -2.51. The van der Waals surface area contributed by atoms with Crippen molar-refractivity contribution < 1.29 is 23.5 Å². The van der Waals surface area contributed by atoms with E-state index >= 15 is 0 Å². The number of amides is 1. The van der Waals surface area contributed by atoms with E-state index in [4.69, 9.17) is 18.7 Å². The standard InChI is InChI=1S/C18H22N4O5/c1-12(26-14-3-4-15-16(9-14)25-11-24-15)18(23)22-7-5-21(6-8-22)10-17-19-13(2)27-20-17/h3-4,9,12H,5-8,10-11H2,1-2H3/t12-/m1/s1. The molecule has 0 aliphatic carbocycles. The number of carbonyl (C=O) groups is 1. The Bertz CT molecular complexity index is 816. The number of rotatable bonds is 5. The van der Waals surface area contributed by atoms with Gasteiger partial charge in [0.2, 0.25) is 12.7 Å². The van der Waals surface area contributed by atoms with Crippen LogP contribution in [-0.2, 0) is 11.3 Å². The molecule has 1 atom stereocenters. The van der Waals surface area contributed by atoms with Crippen LogP contribution in [-0.4, -0.2) is 64.9 Å². The van der Waals surface area contributed by atoms with Gasteiger partial charge in [-0.2, -0.15) is 4.98 Å². The second-order valence-electron chi connectivity index (χ2n) is 6.61. The van der Waals surface area contributed by atoms with Gasteiger partial charge in [-0.1, -0.05) is 5.16 Å². The van der Waals surface area contributed by atoms with Gasteiger partial charge in [0.15, 0.2) is 23.4 Å². The summed E-state index contributed by atoms with van der Waals surface area (Å²) in [5, 5.41) is 3.92. The van der Waals surface area contributed by atoms with Gasteiger partial charge in [0.25, 0.3) is 5.91 Å². The molecule has 4 rings (SSSR count). The van der Waals surface area contributed by atoms with Crippen LogP contribution in [0.1, 0.15) is 18.6 Å². The maximum absolute atomic E-state index is 12.7. The van der Waals surface area contributed by atoms with Gasteiger partial charge in [-0.15, -0.1) is 0 Å². The summed E-state index contributed by atoms with van der Waals surface area (Å²) < 4.78 is 21.4. The minimum atomic E-state index is -0.572. The van der Waals surface area contributed by atoms with Crippen LogP contribution in [0.15, 0.2) is 22.7 Å². The summed E-state index contributed by atoms with van der Waals surface area (Å²) in [6, 6.07) is 5.31. The van der Waals surface area contributed by atoms with Crippen LogP contribution in [0.2, 0.25) is 0 Å². The highest BCUT2D eigenvalue weighted by Crippen LogP contribution is 2.35. The number of nitrogens with zero attached hydrogens (tertiary/aromatic N) is 4. The predicted octanol–water partition coefficient (Wildman–Crippen LogP) is 1.22. The second kappa shape index (κ2) is 7.43. The molecule has 0 bridgehead atoms. The molecule has 0 unspecified atom stereocenters. The highest BCUT2D eigenvalue weighted by atomic mass is 16.7. The Balaban J connectivity index is 1.28. The quantitative estimate of drug-likeness (QED) is 0.772. The van der Waals surface area contributed by atoms with E-state index in [0.717, 1.165) is 13.1 Å². The van der Waals surface area contributed by atoms with Gasteiger partial charge in [-0.25, -0.2) is 0 Å². The highest BCUT2D eigenvalue weighted by molar-refractivity contribution is 5.81. The molecule has 1 aromatic heterocycles. The van der Waals surface area contributed by atoms with Crippen LogP contribution < -0.4 is 14.2 Å². The fourth-order valence-electron chi connectivity index (χ4n) is 3.19. The Kier molecular flexibility index (Phi) is 4.85. The van der Waals surface area contributed by atoms with E-state index < -0.39 is 6.10 Å². The Hall–Kier alpha value is -2.81. The number of benzene rings is 1. The number of aromatic nitrogens is 2. The van der Waals surface area contributed by atoms with Crippen LogP contribution in [0, 0.1) is 6.92 Å². The lowest BCUT2D eigenvalue weighted by molar-refractivity contribution is -0.139. The molecule has 2 aromatic rings. The molecule has 2 aliphatic heterocycles. The number of hydrogen-bond acceptors (Lipinski definition) is 8. The lowest BCUT2D eigenvalue weighted by Gasteiger charge is -2.35. The van der Waals surface area contributed by atoms with Gasteiger partial charge in [0.1, 0.15) is 5.75 Å². The topological polar surface area (TPSA) is 90.2 Å². The van der Waals surface area contributed by atoms with Crippen LogP contribution in [0.5, 0.6) is 17.2 Å². The van der Waals surface area contributed by atoms with Gasteiger partial charge >= 0.3 is 0 Å². The van der Waals surface area contributed by atoms with Crippen molar-refractivity contribution in [2.24, 2.45) is 0 Å². The lowest BCUT2D eigenvalue weighted by atomic mass is 10.2. The molecular weight excluding hydrogens is 352 g/mol. The molecule has 1 fully saturated rings. The third kappa shape index (κ3) is 3.97. The zero-order valence-corrected chi connectivity index (χ0v) is 15.4. The summed E-state index contributed by atoms with van der Waals surface area (Å²) in [7, 11) is 0. The number of aryl methyl sites for hydroxylation is 1. The minimum absolute atomic E-state index is 0.0253. The fourth-order valence-corrected chi connectivity index (χ4v) is 3.19. The first kappa shape index (κ1) is 17.6. The van der Waals surface area contributed by atoms with Crippen LogP contribution in [0.3, 0.4) is 0 Å². The molecule has 0 radical (unpaired) electrons. The van der Waals surface area contributed by atoms with Crippen LogP contribution in [0.25, 0.3) is 0 Å². The Morgan fingerprint density at radius 1 is 1.22 bits per heavy atom. The van der Waals surface area contributed by atoms with E-state index in [2.05, 4.69) is 15.0 Å². The second-order valence-corrected chi connectivity index (χ2v) is 6.61. The third-order valence-electron chi connectivity index (χ3n) is 4.62. The van der Waals surface area contributed by atoms with E-state index in [-0.39, 0.29) is 12.7 Å². The molecule has 9 nitrogen and oxygen atoms in total. The molecule has 0 spiro atoms. The first-order valence-electron chi connectivity index (χ1n) is 8.95. The summed E-state index contributed by atoms with van der Waals surface area (Å²) in [5.41, 5.74) is 0. The Labute approximate surface area is 156 Å². The van der Waals surface area contributed by atoms with E-state index in [9.17, 15) is 4.79 Å². The molecule has 2 aliphatic rings. The maximum Gasteiger partial charge on any atom is 0.263 e. The maximum atomic E-state index is 12.7. The van der Waals surface area contributed by atoms with Crippen molar-refractivity contribution in [2.45, 2.75) is 26.5 Å². The van der Waals surface area contributed by atoms with Crippen molar-refractivity contribution in [3.8, 4) is 17.2 Å². The molecule has 1 amide bonds. The van der Waals surface area contributed by atoms with E-state index in [1.165, 1.54) is 0 Å². The van der Waals surface area contributed by atoms with Gasteiger partial charge < -0.3 is 23.6 Å². The molecule has 144 valence electrons. The number of carbonyl (C=O) groups excluding carboxylic acids is 1. The molecular formula is C18H22N4O5. The normalized spacial score (nSPS) is 17.8. The van der Waals surface area contributed by atoms with Gasteiger partial charge in [0.05, 0.1) is 6.54 Å². The van der Waals surface area contributed by atoms with E-state index in [0.29, 0.717) is 48.6 Å². The third-order valence-corrected chi connectivity index (χ3v) is 4.62. The van der Waals surface area contributed by atoms with Crippen molar-refractivity contribution in [1.82, 2.24) is 19.9 Å². The van der Waals surface area contributed by atoms with Crippen molar-refractivity contribution in [3.63, 3.8) is 0 Å². The van der Waals surface area contributed by atoms with Crippen molar-refractivity contribution in [1.29, 1.82) is 0 Å². The monoisotopic (exact) mass is 374 g/mol. The van der Waals surface area contributed by atoms with Crippen molar-refractivity contribution in [2.75, 3.05) is 33.0 Å². The minimum Gasteiger partial charge on any atom is -0.481 e. The molecule has 3 heterocycles. The summed E-state index contributed by atoms with van der Waals surface area (Å²) in [6.07, 6.45) is -0.572. The highest BCUT2D eigenvalue weighted by Gasteiger charge is 2.27. The number of hydrogen-bond donors (Lipinski definition) is 0. The van der Waals surface area contributed by atoms with Crippen LogP contribution in [0.4, 0.5) is 0 Å². The fraction of sp³-hybridized carbons (Fsp3) is 0.500. The SMILES string of the molecule is Cc1nc(CN2CCN(C(=O)[C@@H](C)Oc3ccc4c(c3)OCO4)CC2)no1. The zero-order chi connectivity index (χ0) is 18.8. The van der Waals surface area contributed by atoms with E-state index in [1.54, 1.807) is 32.0 Å². The molecule has 1 aromatic carbocycles. The number of fused-ring (bicyclic) bond motifs is 1. The van der Waals surface area contributed by atoms with Gasteiger partial charge in [-0.05, 0) is 19.1 Å². The average Bonchev–Trinajstić information content (AvgIpc) is 3.30.